The van der Waals surface area contributed by atoms with Crippen molar-refractivity contribution in [1.29, 1.82) is 0 Å². The van der Waals surface area contributed by atoms with Crippen LogP contribution in [0.5, 0.6) is 11.5 Å². The second-order valence-electron chi connectivity index (χ2n) is 7.94. The third-order valence-electron chi connectivity index (χ3n) is 5.68. The van der Waals surface area contributed by atoms with Crippen LogP contribution in [-0.2, 0) is 9.59 Å². The Labute approximate surface area is 193 Å². The minimum absolute atomic E-state index is 0.145. The maximum atomic E-state index is 12.7. The molecule has 174 valence electrons. The van der Waals surface area contributed by atoms with E-state index in [9.17, 15) is 9.59 Å². The minimum Gasteiger partial charge on any atom is -0.493 e. The normalized spacial score (nSPS) is 15.1. The van der Waals surface area contributed by atoms with Crippen molar-refractivity contribution in [3.8, 4) is 17.3 Å². The molecule has 12 nitrogen and oxygen atoms in total. The summed E-state index contributed by atoms with van der Waals surface area (Å²) in [7, 11) is 1.51. The number of amides is 2. The highest BCUT2D eigenvalue weighted by molar-refractivity contribution is 5.95. The number of nitrogens with one attached hydrogen (secondary N) is 1. The highest BCUT2D eigenvalue weighted by Crippen LogP contribution is 2.42. The Kier molecular flexibility index (Phi) is 5.11. The van der Waals surface area contributed by atoms with Crippen molar-refractivity contribution in [2.75, 3.05) is 19.0 Å². The summed E-state index contributed by atoms with van der Waals surface area (Å²) in [6.45, 7) is 3.44. The third kappa shape index (κ3) is 3.58. The Morgan fingerprint density at radius 3 is 2.76 bits per heavy atom. The number of anilines is 1. The van der Waals surface area contributed by atoms with Crippen LogP contribution < -0.4 is 20.5 Å². The highest BCUT2D eigenvalue weighted by atomic mass is 16.5. The van der Waals surface area contributed by atoms with Crippen LogP contribution in [0.1, 0.15) is 35.0 Å². The molecule has 4 heterocycles. The average molecular weight is 462 g/mol. The molecule has 1 aromatic carbocycles. The number of primary amides is 1. The molecule has 1 aliphatic heterocycles. The van der Waals surface area contributed by atoms with Gasteiger partial charge < -0.3 is 20.5 Å². The van der Waals surface area contributed by atoms with Gasteiger partial charge in [0.05, 0.1) is 12.8 Å². The number of aromatic nitrogens is 6. The van der Waals surface area contributed by atoms with Gasteiger partial charge in [-0.3, -0.25) is 9.59 Å². The van der Waals surface area contributed by atoms with Gasteiger partial charge in [-0.2, -0.15) is 14.3 Å². The van der Waals surface area contributed by atoms with Gasteiger partial charge >= 0.3 is 0 Å². The first-order chi connectivity index (χ1) is 16.4. The van der Waals surface area contributed by atoms with Crippen molar-refractivity contribution in [2.45, 2.75) is 26.2 Å². The van der Waals surface area contributed by atoms with Crippen LogP contribution in [0.3, 0.4) is 0 Å². The van der Waals surface area contributed by atoms with Crippen LogP contribution in [0, 0.1) is 13.8 Å². The summed E-state index contributed by atoms with van der Waals surface area (Å²) in [5.74, 6) is 1.55. The number of nitrogens with zero attached hydrogens (tertiary/aromatic N) is 6. The Balaban J connectivity index is 1.58. The largest absolute Gasteiger partial charge is 0.493 e. The second kappa shape index (κ2) is 8.14. The summed E-state index contributed by atoms with van der Waals surface area (Å²) in [5, 5.41) is 20.3. The third-order valence-corrected chi connectivity index (χ3v) is 5.68. The fourth-order valence-electron chi connectivity index (χ4n) is 4.17. The lowest BCUT2D eigenvalue weighted by Gasteiger charge is -2.25. The molecule has 0 fully saturated rings. The molecule has 0 radical (unpaired) electrons. The lowest BCUT2D eigenvalue weighted by atomic mass is 9.85. The SMILES string of the molecule is COc1cc(C2CC(=O)Nc3c2c(C)nn3-c2ccc3nnc(C)n3n2)ccc1OCC(N)=O. The highest BCUT2D eigenvalue weighted by Gasteiger charge is 2.33. The van der Waals surface area contributed by atoms with Gasteiger partial charge in [-0.05, 0) is 43.7 Å². The van der Waals surface area contributed by atoms with E-state index < -0.39 is 5.91 Å². The number of ether oxygens (including phenoxy) is 2. The Morgan fingerprint density at radius 2 is 2.00 bits per heavy atom. The summed E-state index contributed by atoms with van der Waals surface area (Å²) in [6, 6.07) is 8.91. The van der Waals surface area contributed by atoms with Crippen molar-refractivity contribution < 1.29 is 19.1 Å². The van der Waals surface area contributed by atoms with Gasteiger partial charge in [0.1, 0.15) is 5.82 Å². The van der Waals surface area contributed by atoms with Crippen molar-refractivity contribution in [3.63, 3.8) is 0 Å². The number of nitrogens with two attached hydrogens (primary N) is 1. The molecule has 3 aromatic heterocycles. The second-order valence-corrected chi connectivity index (χ2v) is 7.94. The van der Waals surface area contributed by atoms with Gasteiger partial charge in [0, 0.05) is 17.9 Å². The maximum absolute atomic E-state index is 12.7. The number of benzene rings is 1. The van der Waals surface area contributed by atoms with Crippen LogP contribution in [0.2, 0.25) is 0 Å². The van der Waals surface area contributed by atoms with E-state index in [4.69, 9.17) is 15.2 Å². The van der Waals surface area contributed by atoms with E-state index in [-0.39, 0.29) is 24.9 Å². The summed E-state index contributed by atoms with van der Waals surface area (Å²) >= 11 is 0. The van der Waals surface area contributed by atoms with Gasteiger partial charge in [0.15, 0.2) is 35.4 Å². The van der Waals surface area contributed by atoms with Crippen molar-refractivity contribution >= 4 is 23.3 Å². The molecule has 5 rings (SSSR count). The number of hydrogen-bond donors (Lipinski definition) is 2. The standard InChI is InChI=1S/C22H22N8O4/c1-11-21-14(13-4-5-15(16(8-13)33-3)34-10-17(23)31)9-20(32)24-22(21)30(27-11)19-7-6-18-26-25-12(2)29(18)28-19/h4-8,14H,9-10H2,1-3H3,(H2,23,31)(H,24,32). The van der Waals surface area contributed by atoms with Crippen LogP contribution in [0.4, 0.5) is 5.82 Å². The predicted octanol–water partition coefficient (Wildman–Crippen LogP) is 1.27. The number of methoxy groups -OCH3 is 1. The van der Waals surface area contributed by atoms with Crippen molar-refractivity contribution in [3.05, 3.63) is 53.0 Å². The first-order valence-corrected chi connectivity index (χ1v) is 10.5. The van der Waals surface area contributed by atoms with Gasteiger partial charge in [0.2, 0.25) is 5.91 Å². The maximum Gasteiger partial charge on any atom is 0.255 e. The minimum atomic E-state index is -0.587. The summed E-state index contributed by atoms with van der Waals surface area (Å²) in [6.07, 6.45) is 0.237. The lowest BCUT2D eigenvalue weighted by molar-refractivity contribution is -0.120. The van der Waals surface area contributed by atoms with Crippen LogP contribution in [0.15, 0.2) is 30.3 Å². The smallest absolute Gasteiger partial charge is 0.255 e. The molecule has 4 aromatic rings. The molecule has 1 atom stereocenters. The molecule has 0 bridgehead atoms. The molecule has 0 aliphatic carbocycles. The number of rotatable bonds is 6. The molecular weight excluding hydrogens is 440 g/mol. The van der Waals surface area contributed by atoms with Gasteiger partial charge in [-0.1, -0.05) is 6.07 Å². The quantitative estimate of drug-likeness (QED) is 0.435. The van der Waals surface area contributed by atoms with Crippen molar-refractivity contribution in [1.82, 2.24) is 29.6 Å². The monoisotopic (exact) mass is 462 g/mol. The molecule has 3 N–H and O–H groups in total. The average Bonchev–Trinajstić information content (AvgIpc) is 3.36. The van der Waals surface area contributed by atoms with E-state index >= 15 is 0 Å². The molecule has 1 aliphatic rings. The van der Waals surface area contributed by atoms with E-state index in [1.54, 1.807) is 33.5 Å². The van der Waals surface area contributed by atoms with E-state index in [2.05, 4.69) is 25.7 Å². The molecule has 0 saturated heterocycles. The fourth-order valence-corrected chi connectivity index (χ4v) is 4.17. The molecule has 1 unspecified atom stereocenters. The number of aryl methyl sites for hydroxylation is 2. The molecular formula is C22H22N8O4. The molecule has 12 heteroatoms. The fraction of sp³-hybridized carbons (Fsp3) is 0.273. The first kappa shape index (κ1) is 21.4. The van der Waals surface area contributed by atoms with Crippen LogP contribution in [0.25, 0.3) is 11.5 Å². The first-order valence-electron chi connectivity index (χ1n) is 10.5. The number of carbonyl (C=O) groups excluding carboxylic acids is 2. The van der Waals surface area contributed by atoms with Gasteiger partial charge in [-0.25, -0.2) is 0 Å². The van der Waals surface area contributed by atoms with Crippen LogP contribution >= 0.6 is 0 Å². The number of carbonyl (C=O) groups is 2. The van der Waals surface area contributed by atoms with Crippen molar-refractivity contribution in [2.24, 2.45) is 5.73 Å². The van der Waals surface area contributed by atoms with E-state index in [0.29, 0.717) is 34.6 Å². The summed E-state index contributed by atoms with van der Waals surface area (Å²) < 4.78 is 14.1. The predicted molar refractivity (Wildman–Crippen MR) is 120 cm³/mol. The molecule has 0 spiro atoms. The lowest BCUT2D eigenvalue weighted by Crippen LogP contribution is -2.25. The Hall–Kier alpha value is -4.48. The zero-order valence-corrected chi connectivity index (χ0v) is 18.8. The zero-order chi connectivity index (χ0) is 24.0. The molecule has 34 heavy (non-hydrogen) atoms. The zero-order valence-electron chi connectivity index (χ0n) is 18.8. The van der Waals surface area contributed by atoms with Gasteiger partial charge in [-0.15, -0.1) is 15.3 Å². The number of fused-ring (bicyclic) bond motifs is 2. The summed E-state index contributed by atoms with van der Waals surface area (Å²) in [4.78, 5) is 23.8. The Morgan fingerprint density at radius 1 is 1.18 bits per heavy atom. The van der Waals surface area contributed by atoms with Crippen LogP contribution in [-0.4, -0.2) is 55.1 Å². The number of hydrogen-bond acceptors (Lipinski definition) is 8. The van der Waals surface area contributed by atoms with Gasteiger partial charge in [0.25, 0.3) is 5.91 Å². The van der Waals surface area contributed by atoms with E-state index in [1.807, 2.05) is 19.9 Å². The molecule has 0 saturated carbocycles. The van der Waals surface area contributed by atoms with E-state index in [1.165, 1.54) is 7.11 Å². The van der Waals surface area contributed by atoms with E-state index in [0.717, 1.165) is 16.8 Å². The topological polar surface area (TPSA) is 152 Å². The summed E-state index contributed by atoms with van der Waals surface area (Å²) in [5.41, 5.74) is 8.28. The Bertz CT molecular complexity index is 1440. The molecule has 2 amide bonds.